The van der Waals surface area contributed by atoms with E-state index >= 15 is 0 Å². The van der Waals surface area contributed by atoms with Gasteiger partial charge in [0.1, 0.15) is 0 Å². The molecule has 0 spiro atoms. The predicted molar refractivity (Wildman–Crippen MR) is 103 cm³/mol. The number of anilines is 1. The van der Waals surface area contributed by atoms with Crippen molar-refractivity contribution >= 4 is 35.0 Å². The summed E-state index contributed by atoms with van der Waals surface area (Å²) in [5.74, 6) is 0.00213. The van der Waals surface area contributed by atoms with E-state index in [0.29, 0.717) is 17.2 Å². The van der Waals surface area contributed by atoms with E-state index in [4.69, 9.17) is 0 Å². The molecule has 2 aromatic rings. The van der Waals surface area contributed by atoms with Crippen LogP contribution in [0.15, 0.2) is 58.5 Å². The SMILES string of the molecule is CC(=O)Nc1cccc(/C(C)=N\NC(=O)CSc2ccc(C)cc2)c1. The van der Waals surface area contributed by atoms with E-state index in [2.05, 4.69) is 15.8 Å². The Bertz CT molecular complexity index is 786. The highest BCUT2D eigenvalue weighted by Crippen LogP contribution is 2.17. The van der Waals surface area contributed by atoms with Crippen LogP contribution in [0.4, 0.5) is 5.69 Å². The minimum Gasteiger partial charge on any atom is -0.326 e. The molecule has 5 nitrogen and oxygen atoms in total. The van der Waals surface area contributed by atoms with Crippen molar-refractivity contribution in [2.24, 2.45) is 5.10 Å². The number of amides is 2. The molecule has 2 rings (SSSR count). The lowest BCUT2D eigenvalue weighted by molar-refractivity contribution is -0.118. The lowest BCUT2D eigenvalue weighted by Gasteiger charge is -2.06. The number of rotatable bonds is 6. The van der Waals surface area contributed by atoms with E-state index < -0.39 is 0 Å². The number of hydrogen-bond donors (Lipinski definition) is 2. The Morgan fingerprint density at radius 3 is 2.48 bits per heavy atom. The van der Waals surface area contributed by atoms with Crippen LogP contribution in [0.2, 0.25) is 0 Å². The molecule has 0 aliphatic carbocycles. The number of nitrogens with one attached hydrogen (secondary N) is 2. The van der Waals surface area contributed by atoms with E-state index in [0.717, 1.165) is 10.5 Å². The molecule has 0 radical (unpaired) electrons. The molecule has 6 heteroatoms. The van der Waals surface area contributed by atoms with Crippen LogP contribution in [0.3, 0.4) is 0 Å². The van der Waals surface area contributed by atoms with Crippen LogP contribution in [0.25, 0.3) is 0 Å². The fourth-order valence-corrected chi connectivity index (χ4v) is 2.74. The van der Waals surface area contributed by atoms with E-state index in [1.165, 1.54) is 24.2 Å². The molecule has 0 saturated heterocycles. The van der Waals surface area contributed by atoms with Crippen LogP contribution in [0.1, 0.15) is 25.0 Å². The molecule has 0 bridgehead atoms. The van der Waals surface area contributed by atoms with Gasteiger partial charge in [0.05, 0.1) is 11.5 Å². The number of carbonyl (C=O) groups is 2. The van der Waals surface area contributed by atoms with Crippen molar-refractivity contribution in [2.75, 3.05) is 11.1 Å². The van der Waals surface area contributed by atoms with Crippen molar-refractivity contribution in [1.29, 1.82) is 0 Å². The summed E-state index contributed by atoms with van der Waals surface area (Å²) in [6.07, 6.45) is 0. The summed E-state index contributed by atoms with van der Waals surface area (Å²) in [6.45, 7) is 5.29. The Morgan fingerprint density at radius 2 is 1.80 bits per heavy atom. The molecule has 0 atom stereocenters. The van der Waals surface area contributed by atoms with Crippen LogP contribution >= 0.6 is 11.8 Å². The third-order valence-corrected chi connectivity index (χ3v) is 4.35. The third-order valence-electron chi connectivity index (χ3n) is 3.34. The molecule has 0 fully saturated rings. The first kappa shape index (κ1) is 18.7. The average molecular weight is 355 g/mol. The molecule has 2 aromatic carbocycles. The quantitative estimate of drug-likeness (QED) is 0.473. The standard InChI is InChI=1S/C19H21N3O2S/c1-13-7-9-18(10-8-13)25-12-19(24)22-21-14(2)16-5-4-6-17(11-16)20-15(3)23/h4-11H,12H2,1-3H3,(H,20,23)(H,22,24)/b21-14-. The van der Waals surface area contributed by atoms with Gasteiger partial charge >= 0.3 is 0 Å². The third kappa shape index (κ3) is 6.43. The Labute approximate surface area is 151 Å². The predicted octanol–water partition coefficient (Wildman–Crippen LogP) is 3.59. The lowest BCUT2D eigenvalue weighted by Crippen LogP contribution is -2.21. The molecule has 0 aromatic heterocycles. The van der Waals surface area contributed by atoms with Crippen LogP contribution in [-0.2, 0) is 9.59 Å². The van der Waals surface area contributed by atoms with Gasteiger partial charge < -0.3 is 5.32 Å². The van der Waals surface area contributed by atoms with Gasteiger partial charge in [-0.3, -0.25) is 9.59 Å². The average Bonchev–Trinajstić information content (AvgIpc) is 2.59. The molecular weight excluding hydrogens is 334 g/mol. The fourth-order valence-electron chi connectivity index (χ4n) is 2.05. The van der Waals surface area contributed by atoms with Crippen molar-refractivity contribution in [1.82, 2.24) is 5.43 Å². The van der Waals surface area contributed by atoms with Gasteiger partial charge in [0.15, 0.2) is 0 Å². The van der Waals surface area contributed by atoms with Crippen molar-refractivity contribution in [3.63, 3.8) is 0 Å². The molecule has 0 unspecified atom stereocenters. The van der Waals surface area contributed by atoms with Crippen molar-refractivity contribution in [3.8, 4) is 0 Å². The van der Waals surface area contributed by atoms with Crippen LogP contribution in [0, 0.1) is 6.92 Å². The van der Waals surface area contributed by atoms with Crippen molar-refractivity contribution < 1.29 is 9.59 Å². The van der Waals surface area contributed by atoms with Gasteiger partial charge in [0, 0.05) is 17.5 Å². The van der Waals surface area contributed by atoms with Crippen molar-refractivity contribution in [2.45, 2.75) is 25.7 Å². The second-order valence-electron chi connectivity index (χ2n) is 5.60. The Balaban J connectivity index is 1.90. The summed E-state index contributed by atoms with van der Waals surface area (Å²) in [4.78, 5) is 24.1. The van der Waals surface area contributed by atoms with Crippen molar-refractivity contribution in [3.05, 3.63) is 59.7 Å². The Kier molecular flexibility index (Phi) is 6.77. The summed E-state index contributed by atoms with van der Waals surface area (Å²) in [5.41, 5.74) is 5.95. The number of hydrazone groups is 1. The summed E-state index contributed by atoms with van der Waals surface area (Å²) < 4.78 is 0. The Morgan fingerprint density at radius 1 is 1.08 bits per heavy atom. The number of aryl methyl sites for hydroxylation is 1. The number of thioether (sulfide) groups is 1. The zero-order chi connectivity index (χ0) is 18.2. The highest BCUT2D eigenvalue weighted by Gasteiger charge is 2.04. The topological polar surface area (TPSA) is 70.6 Å². The second kappa shape index (κ2) is 9.03. The van der Waals surface area contributed by atoms with Gasteiger partial charge in [0.25, 0.3) is 0 Å². The van der Waals surface area contributed by atoms with Crippen LogP contribution in [-0.4, -0.2) is 23.3 Å². The molecule has 130 valence electrons. The molecule has 0 aliphatic heterocycles. The van der Waals surface area contributed by atoms with E-state index in [9.17, 15) is 9.59 Å². The maximum atomic E-state index is 11.9. The number of hydrogen-bond acceptors (Lipinski definition) is 4. The smallest absolute Gasteiger partial charge is 0.250 e. The molecule has 0 saturated carbocycles. The minimum absolute atomic E-state index is 0.131. The van der Waals surface area contributed by atoms with Gasteiger partial charge in [-0.1, -0.05) is 29.8 Å². The minimum atomic E-state index is -0.164. The van der Waals surface area contributed by atoms with Gasteiger partial charge in [-0.05, 0) is 43.7 Å². The first-order valence-electron chi connectivity index (χ1n) is 7.84. The van der Waals surface area contributed by atoms with E-state index in [-0.39, 0.29) is 11.8 Å². The number of carbonyl (C=O) groups excluding carboxylic acids is 2. The summed E-state index contributed by atoms with van der Waals surface area (Å²) in [5, 5.41) is 6.85. The summed E-state index contributed by atoms with van der Waals surface area (Å²) in [6, 6.07) is 15.3. The van der Waals surface area contributed by atoms with Crippen LogP contribution in [0.5, 0.6) is 0 Å². The highest BCUT2D eigenvalue weighted by molar-refractivity contribution is 8.00. The van der Waals surface area contributed by atoms with Gasteiger partial charge in [-0.2, -0.15) is 5.10 Å². The maximum absolute atomic E-state index is 11.9. The second-order valence-corrected chi connectivity index (χ2v) is 6.64. The molecule has 0 heterocycles. The van der Waals surface area contributed by atoms with Crippen LogP contribution < -0.4 is 10.7 Å². The van der Waals surface area contributed by atoms with Gasteiger partial charge in [0.2, 0.25) is 11.8 Å². The number of nitrogens with zero attached hydrogens (tertiary/aromatic N) is 1. The molecule has 25 heavy (non-hydrogen) atoms. The zero-order valence-electron chi connectivity index (χ0n) is 14.5. The maximum Gasteiger partial charge on any atom is 0.250 e. The first-order valence-corrected chi connectivity index (χ1v) is 8.83. The molecule has 2 N–H and O–H groups in total. The van der Waals surface area contributed by atoms with Gasteiger partial charge in [-0.15, -0.1) is 11.8 Å². The molecule has 2 amide bonds. The van der Waals surface area contributed by atoms with E-state index in [1.807, 2.05) is 49.4 Å². The molecular formula is C19H21N3O2S. The summed E-state index contributed by atoms with van der Waals surface area (Å²) >= 11 is 1.47. The first-order chi connectivity index (χ1) is 11.9. The zero-order valence-corrected chi connectivity index (χ0v) is 15.3. The summed E-state index contributed by atoms with van der Waals surface area (Å²) in [7, 11) is 0. The normalized spacial score (nSPS) is 11.1. The van der Waals surface area contributed by atoms with E-state index in [1.54, 1.807) is 13.0 Å². The highest BCUT2D eigenvalue weighted by atomic mass is 32.2. The Hall–Kier alpha value is -2.60. The number of benzene rings is 2. The van der Waals surface area contributed by atoms with Gasteiger partial charge in [-0.25, -0.2) is 5.43 Å². The largest absolute Gasteiger partial charge is 0.326 e. The monoisotopic (exact) mass is 355 g/mol. The fraction of sp³-hybridized carbons (Fsp3) is 0.211. The molecule has 0 aliphatic rings. The lowest BCUT2D eigenvalue weighted by atomic mass is 10.1.